The molecule has 4 atom stereocenters. The Labute approximate surface area is 150 Å². The van der Waals surface area contributed by atoms with Crippen LogP contribution in [-0.4, -0.2) is 31.2 Å². The van der Waals surface area contributed by atoms with E-state index in [1.807, 2.05) is 25.1 Å². The van der Waals surface area contributed by atoms with Gasteiger partial charge in [-0.3, -0.25) is 4.79 Å². The molecule has 1 aromatic rings. The van der Waals surface area contributed by atoms with Crippen LogP contribution < -0.4 is 20.1 Å². The third-order valence-corrected chi connectivity index (χ3v) is 5.56. The summed E-state index contributed by atoms with van der Waals surface area (Å²) >= 11 is 0. The molecule has 0 saturated heterocycles. The van der Waals surface area contributed by atoms with Gasteiger partial charge in [0.25, 0.3) is 0 Å². The van der Waals surface area contributed by atoms with Gasteiger partial charge in [-0.05, 0) is 37.3 Å². The molecular weight excluding hydrogens is 316 g/mol. The van der Waals surface area contributed by atoms with Crippen LogP contribution in [0.5, 0.6) is 11.5 Å². The summed E-state index contributed by atoms with van der Waals surface area (Å²) in [4.78, 5) is 12.6. The smallest absolute Gasteiger partial charge is 0.242 e. The molecule has 0 unspecified atom stereocenters. The highest BCUT2D eigenvalue weighted by molar-refractivity contribution is 5.84. The van der Waals surface area contributed by atoms with Gasteiger partial charge in [-0.1, -0.05) is 26.7 Å². The summed E-state index contributed by atoms with van der Waals surface area (Å²) in [6, 6.07) is 5.73. The number of amides is 1. The number of nitrogens with one attached hydrogen (secondary N) is 2. The first-order valence-corrected chi connectivity index (χ1v) is 9.51. The molecule has 1 aliphatic carbocycles. The van der Waals surface area contributed by atoms with Gasteiger partial charge in [-0.2, -0.15) is 0 Å². The summed E-state index contributed by atoms with van der Waals surface area (Å²) in [5, 5.41) is 6.51. The first-order chi connectivity index (χ1) is 12.0. The van der Waals surface area contributed by atoms with E-state index >= 15 is 0 Å². The van der Waals surface area contributed by atoms with Gasteiger partial charge in [-0.25, -0.2) is 0 Å². The van der Waals surface area contributed by atoms with E-state index in [2.05, 4.69) is 24.5 Å². The molecule has 1 aromatic carbocycles. The Balaban J connectivity index is 1.59. The van der Waals surface area contributed by atoms with E-state index in [1.165, 1.54) is 12.8 Å². The minimum Gasteiger partial charge on any atom is -0.490 e. The van der Waals surface area contributed by atoms with Crippen molar-refractivity contribution in [3.8, 4) is 11.5 Å². The molecule has 25 heavy (non-hydrogen) atoms. The maximum Gasteiger partial charge on any atom is 0.242 e. The van der Waals surface area contributed by atoms with E-state index < -0.39 is 0 Å². The van der Waals surface area contributed by atoms with Crippen LogP contribution in [-0.2, 0) is 4.79 Å². The SMILES string of the molecule is C[C@H]1[C@@H](C)CCC[C@H]1NC(=O)[C@H](C)Nc1ccc2c(c1)OCCCO2. The zero-order valence-corrected chi connectivity index (χ0v) is 15.5. The van der Waals surface area contributed by atoms with Crippen LogP contribution in [0, 0.1) is 11.8 Å². The molecular formula is C20H30N2O3. The van der Waals surface area contributed by atoms with Crippen molar-refractivity contribution in [2.75, 3.05) is 18.5 Å². The molecule has 3 rings (SSSR count). The van der Waals surface area contributed by atoms with Crippen molar-refractivity contribution in [3.05, 3.63) is 18.2 Å². The van der Waals surface area contributed by atoms with E-state index in [1.54, 1.807) is 0 Å². The minimum atomic E-state index is -0.297. The van der Waals surface area contributed by atoms with Crippen molar-refractivity contribution < 1.29 is 14.3 Å². The molecule has 2 aliphatic rings. The van der Waals surface area contributed by atoms with Gasteiger partial charge >= 0.3 is 0 Å². The number of carbonyl (C=O) groups is 1. The lowest BCUT2D eigenvalue weighted by atomic mass is 9.78. The predicted molar refractivity (Wildman–Crippen MR) is 99.2 cm³/mol. The number of fused-ring (bicyclic) bond motifs is 1. The lowest BCUT2D eigenvalue weighted by Crippen LogP contribution is -2.48. The van der Waals surface area contributed by atoms with Crippen molar-refractivity contribution in [2.24, 2.45) is 11.8 Å². The van der Waals surface area contributed by atoms with Crippen molar-refractivity contribution >= 4 is 11.6 Å². The lowest BCUT2D eigenvalue weighted by molar-refractivity contribution is -0.122. The Morgan fingerprint density at radius 2 is 1.88 bits per heavy atom. The molecule has 1 amide bonds. The molecule has 1 heterocycles. The van der Waals surface area contributed by atoms with Crippen molar-refractivity contribution in [1.29, 1.82) is 0 Å². The molecule has 1 aliphatic heterocycles. The van der Waals surface area contributed by atoms with Crippen molar-refractivity contribution in [3.63, 3.8) is 0 Å². The highest BCUT2D eigenvalue weighted by atomic mass is 16.5. The summed E-state index contributed by atoms with van der Waals surface area (Å²) in [6.07, 6.45) is 4.42. The van der Waals surface area contributed by atoms with Gasteiger partial charge in [0.2, 0.25) is 5.91 Å². The molecule has 2 N–H and O–H groups in total. The molecule has 5 heteroatoms. The highest BCUT2D eigenvalue weighted by Gasteiger charge is 2.29. The zero-order chi connectivity index (χ0) is 17.8. The van der Waals surface area contributed by atoms with Gasteiger partial charge in [0, 0.05) is 24.2 Å². The number of hydrogen-bond acceptors (Lipinski definition) is 4. The number of carbonyl (C=O) groups excluding carboxylic acids is 1. The van der Waals surface area contributed by atoms with Crippen molar-refractivity contribution in [2.45, 2.75) is 58.5 Å². The van der Waals surface area contributed by atoms with E-state index in [4.69, 9.17) is 9.47 Å². The second-order valence-corrected chi connectivity index (χ2v) is 7.46. The summed E-state index contributed by atoms with van der Waals surface area (Å²) < 4.78 is 11.4. The lowest BCUT2D eigenvalue weighted by Gasteiger charge is -2.35. The largest absolute Gasteiger partial charge is 0.490 e. The number of benzene rings is 1. The third-order valence-electron chi connectivity index (χ3n) is 5.56. The number of anilines is 1. The summed E-state index contributed by atoms with van der Waals surface area (Å²) in [5.41, 5.74) is 0.872. The fraction of sp³-hybridized carbons (Fsp3) is 0.650. The minimum absolute atomic E-state index is 0.0538. The Kier molecular flexibility index (Phi) is 5.71. The molecule has 0 spiro atoms. The molecule has 5 nitrogen and oxygen atoms in total. The van der Waals surface area contributed by atoms with Crippen LogP contribution in [0.3, 0.4) is 0 Å². The van der Waals surface area contributed by atoms with E-state index in [-0.39, 0.29) is 18.0 Å². The van der Waals surface area contributed by atoms with Gasteiger partial charge < -0.3 is 20.1 Å². The standard InChI is InChI=1S/C20H30N2O3/c1-13-6-4-7-17(14(13)2)22-20(23)15(3)21-16-8-9-18-19(12-16)25-11-5-10-24-18/h8-9,12-15,17,21H,4-7,10-11H2,1-3H3,(H,22,23)/t13-,14-,15-,17+/m0/s1. The van der Waals surface area contributed by atoms with Crippen LogP contribution in [0.1, 0.15) is 46.5 Å². The average molecular weight is 346 g/mol. The second-order valence-electron chi connectivity index (χ2n) is 7.46. The first kappa shape index (κ1) is 17.9. The molecule has 0 aromatic heterocycles. The quantitative estimate of drug-likeness (QED) is 0.875. The van der Waals surface area contributed by atoms with Crippen LogP contribution in [0.25, 0.3) is 0 Å². The average Bonchev–Trinajstić information content (AvgIpc) is 2.83. The van der Waals surface area contributed by atoms with Crippen LogP contribution in [0.4, 0.5) is 5.69 Å². The monoisotopic (exact) mass is 346 g/mol. The predicted octanol–water partition coefficient (Wildman–Crippen LogP) is 3.59. The normalized spacial score (nSPS) is 27.1. The molecule has 0 bridgehead atoms. The highest BCUT2D eigenvalue weighted by Crippen LogP contribution is 2.33. The van der Waals surface area contributed by atoms with Gasteiger partial charge in [0.15, 0.2) is 11.5 Å². The maximum atomic E-state index is 12.6. The van der Waals surface area contributed by atoms with Crippen LogP contribution >= 0.6 is 0 Å². The second kappa shape index (κ2) is 7.98. The fourth-order valence-corrected chi connectivity index (χ4v) is 3.66. The fourth-order valence-electron chi connectivity index (χ4n) is 3.66. The molecule has 1 saturated carbocycles. The third kappa shape index (κ3) is 4.39. The van der Waals surface area contributed by atoms with Crippen LogP contribution in [0.15, 0.2) is 18.2 Å². The van der Waals surface area contributed by atoms with Crippen LogP contribution in [0.2, 0.25) is 0 Å². The number of rotatable bonds is 4. The molecule has 138 valence electrons. The van der Waals surface area contributed by atoms with Gasteiger partial charge in [-0.15, -0.1) is 0 Å². The molecule has 0 radical (unpaired) electrons. The topological polar surface area (TPSA) is 59.6 Å². The summed E-state index contributed by atoms with van der Waals surface area (Å²) in [7, 11) is 0. The van der Waals surface area contributed by atoms with Crippen molar-refractivity contribution in [1.82, 2.24) is 5.32 Å². The Hall–Kier alpha value is -1.91. The Morgan fingerprint density at radius 1 is 1.12 bits per heavy atom. The summed E-state index contributed by atoms with van der Waals surface area (Å²) in [5.74, 6) is 2.76. The zero-order valence-electron chi connectivity index (χ0n) is 15.5. The Bertz CT molecular complexity index is 605. The van der Waals surface area contributed by atoms with E-state index in [9.17, 15) is 4.79 Å². The van der Waals surface area contributed by atoms with Gasteiger partial charge in [0.1, 0.15) is 6.04 Å². The number of ether oxygens (including phenoxy) is 2. The maximum absolute atomic E-state index is 12.6. The Morgan fingerprint density at radius 3 is 2.68 bits per heavy atom. The molecule has 1 fully saturated rings. The summed E-state index contributed by atoms with van der Waals surface area (Å²) in [6.45, 7) is 7.76. The van der Waals surface area contributed by atoms with Gasteiger partial charge in [0.05, 0.1) is 13.2 Å². The van der Waals surface area contributed by atoms with E-state index in [0.29, 0.717) is 25.0 Å². The number of hydrogen-bond donors (Lipinski definition) is 2. The van der Waals surface area contributed by atoms with E-state index in [0.717, 1.165) is 30.0 Å². The first-order valence-electron chi connectivity index (χ1n) is 9.51.